The molecular formula is C18H21N3O3. The van der Waals surface area contributed by atoms with E-state index >= 15 is 0 Å². The van der Waals surface area contributed by atoms with Gasteiger partial charge in [-0.25, -0.2) is 0 Å². The average molecular weight is 327 g/mol. The minimum absolute atomic E-state index is 0.204. The van der Waals surface area contributed by atoms with Crippen LogP contribution in [-0.4, -0.2) is 44.4 Å². The number of rotatable bonds is 3. The Hall–Kier alpha value is -2.47. The Balaban J connectivity index is 1.94. The molecule has 6 heteroatoms. The zero-order valence-corrected chi connectivity index (χ0v) is 13.6. The van der Waals surface area contributed by atoms with Crippen LogP contribution in [0.1, 0.15) is 36.7 Å². The van der Waals surface area contributed by atoms with Gasteiger partial charge >= 0.3 is 0 Å². The normalized spacial score (nSPS) is 19.1. The van der Waals surface area contributed by atoms with Crippen molar-refractivity contribution >= 4 is 5.91 Å². The lowest BCUT2D eigenvalue weighted by Gasteiger charge is -2.37. The first-order valence-corrected chi connectivity index (χ1v) is 8.23. The Kier molecular flexibility index (Phi) is 4.76. The van der Waals surface area contributed by atoms with Gasteiger partial charge in [-0.2, -0.15) is 9.78 Å². The van der Waals surface area contributed by atoms with Crippen LogP contribution in [0.15, 0.2) is 47.3 Å². The van der Waals surface area contributed by atoms with Crippen LogP contribution in [0, 0.1) is 0 Å². The molecule has 0 bridgehead atoms. The summed E-state index contributed by atoms with van der Waals surface area (Å²) in [6.45, 7) is 2.30. The SMILES string of the molecule is CC(O)C1CCCCN1C(=O)c1ccc(=O)n(-c2ccccc2)n1. The van der Waals surface area contributed by atoms with E-state index in [2.05, 4.69) is 5.10 Å². The molecule has 24 heavy (non-hydrogen) atoms. The molecule has 2 unspecified atom stereocenters. The molecule has 0 aliphatic carbocycles. The summed E-state index contributed by atoms with van der Waals surface area (Å²) in [6.07, 6.45) is 2.10. The largest absolute Gasteiger partial charge is 0.391 e. The molecule has 1 aromatic carbocycles. The quantitative estimate of drug-likeness (QED) is 0.929. The molecule has 1 aliphatic heterocycles. The van der Waals surface area contributed by atoms with E-state index in [0.29, 0.717) is 12.2 Å². The highest BCUT2D eigenvalue weighted by atomic mass is 16.3. The molecule has 1 aromatic heterocycles. The van der Waals surface area contributed by atoms with E-state index in [4.69, 9.17) is 0 Å². The molecule has 1 aliphatic rings. The van der Waals surface area contributed by atoms with E-state index in [0.717, 1.165) is 19.3 Å². The predicted molar refractivity (Wildman–Crippen MR) is 90.2 cm³/mol. The number of aliphatic hydroxyl groups is 1. The average Bonchev–Trinajstić information content (AvgIpc) is 2.62. The Morgan fingerprint density at radius 2 is 1.96 bits per heavy atom. The fourth-order valence-electron chi connectivity index (χ4n) is 3.14. The highest BCUT2D eigenvalue weighted by Gasteiger charge is 2.31. The molecule has 3 rings (SSSR count). The number of likely N-dealkylation sites (tertiary alicyclic amines) is 1. The third-order valence-corrected chi connectivity index (χ3v) is 4.39. The van der Waals surface area contributed by atoms with Crippen molar-refractivity contribution in [2.75, 3.05) is 6.54 Å². The maximum absolute atomic E-state index is 12.8. The lowest BCUT2D eigenvalue weighted by Crippen LogP contribution is -2.49. The molecule has 6 nitrogen and oxygen atoms in total. The second-order valence-corrected chi connectivity index (χ2v) is 6.11. The van der Waals surface area contributed by atoms with Crippen molar-refractivity contribution in [3.63, 3.8) is 0 Å². The minimum atomic E-state index is -0.589. The van der Waals surface area contributed by atoms with Crippen LogP contribution in [0.25, 0.3) is 5.69 Å². The fraction of sp³-hybridized carbons (Fsp3) is 0.389. The number of nitrogens with zero attached hydrogens (tertiary/aromatic N) is 3. The van der Waals surface area contributed by atoms with Gasteiger partial charge in [0.25, 0.3) is 11.5 Å². The summed E-state index contributed by atoms with van der Waals surface area (Å²) < 4.78 is 1.23. The highest BCUT2D eigenvalue weighted by Crippen LogP contribution is 2.21. The van der Waals surface area contributed by atoms with E-state index in [-0.39, 0.29) is 23.2 Å². The summed E-state index contributed by atoms with van der Waals surface area (Å²) in [5.41, 5.74) is 0.539. The van der Waals surface area contributed by atoms with Crippen LogP contribution < -0.4 is 5.56 Å². The second-order valence-electron chi connectivity index (χ2n) is 6.11. The van der Waals surface area contributed by atoms with Gasteiger partial charge < -0.3 is 10.0 Å². The van der Waals surface area contributed by atoms with Crippen molar-refractivity contribution in [2.45, 2.75) is 38.3 Å². The van der Waals surface area contributed by atoms with Gasteiger partial charge in [-0.3, -0.25) is 9.59 Å². The van der Waals surface area contributed by atoms with Crippen LogP contribution in [0.4, 0.5) is 0 Å². The molecule has 0 saturated carbocycles. The van der Waals surface area contributed by atoms with Gasteiger partial charge in [-0.1, -0.05) is 18.2 Å². The maximum Gasteiger partial charge on any atom is 0.274 e. The Bertz CT molecular complexity index is 771. The molecule has 2 aromatic rings. The van der Waals surface area contributed by atoms with Crippen molar-refractivity contribution in [1.29, 1.82) is 0 Å². The third kappa shape index (κ3) is 3.23. The predicted octanol–water partition coefficient (Wildman–Crippen LogP) is 1.61. The van der Waals surface area contributed by atoms with Crippen molar-refractivity contribution < 1.29 is 9.90 Å². The monoisotopic (exact) mass is 327 g/mol. The molecule has 1 fully saturated rings. The molecule has 2 heterocycles. The number of aliphatic hydroxyl groups excluding tert-OH is 1. The summed E-state index contributed by atoms with van der Waals surface area (Å²) >= 11 is 0. The summed E-state index contributed by atoms with van der Waals surface area (Å²) in [5, 5.41) is 14.2. The number of aromatic nitrogens is 2. The minimum Gasteiger partial charge on any atom is -0.391 e. The van der Waals surface area contributed by atoms with Gasteiger partial charge in [0.2, 0.25) is 0 Å². The van der Waals surface area contributed by atoms with Gasteiger partial charge in [-0.05, 0) is 44.4 Å². The Morgan fingerprint density at radius 3 is 2.67 bits per heavy atom. The molecule has 1 amide bonds. The van der Waals surface area contributed by atoms with Gasteiger partial charge in [0.1, 0.15) is 5.69 Å². The lowest BCUT2D eigenvalue weighted by molar-refractivity contribution is 0.0275. The van der Waals surface area contributed by atoms with Gasteiger partial charge in [0.05, 0.1) is 17.8 Å². The van der Waals surface area contributed by atoms with Crippen LogP contribution in [0.5, 0.6) is 0 Å². The molecule has 0 spiro atoms. The van der Waals surface area contributed by atoms with Crippen LogP contribution in [-0.2, 0) is 0 Å². The topological polar surface area (TPSA) is 75.4 Å². The van der Waals surface area contributed by atoms with Crippen LogP contribution in [0.2, 0.25) is 0 Å². The third-order valence-electron chi connectivity index (χ3n) is 4.39. The molecule has 2 atom stereocenters. The zero-order valence-electron chi connectivity index (χ0n) is 13.6. The van der Waals surface area contributed by atoms with Crippen LogP contribution in [0.3, 0.4) is 0 Å². The Labute approximate surface area is 140 Å². The standard InChI is InChI=1S/C18H21N3O3/c1-13(22)16-9-5-6-12-20(16)18(24)15-10-11-17(23)21(19-15)14-7-3-2-4-8-14/h2-4,7-8,10-11,13,16,22H,5-6,9,12H2,1H3. The maximum atomic E-state index is 12.8. The van der Waals surface area contributed by atoms with Gasteiger partial charge in [0, 0.05) is 12.6 Å². The molecule has 0 radical (unpaired) electrons. The number of carbonyl (C=O) groups excluding carboxylic acids is 1. The number of piperidine rings is 1. The summed E-state index contributed by atoms with van der Waals surface area (Å²) in [5.74, 6) is -0.245. The van der Waals surface area contributed by atoms with E-state index in [1.807, 2.05) is 18.2 Å². The van der Waals surface area contributed by atoms with E-state index in [1.165, 1.54) is 16.8 Å². The number of carbonyl (C=O) groups is 1. The highest BCUT2D eigenvalue weighted by molar-refractivity contribution is 5.92. The fourth-order valence-corrected chi connectivity index (χ4v) is 3.14. The van der Waals surface area contributed by atoms with Crippen molar-refractivity contribution in [3.8, 4) is 5.69 Å². The van der Waals surface area contributed by atoms with Crippen molar-refractivity contribution in [1.82, 2.24) is 14.7 Å². The van der Waals surface area contributed by atoms with Crippen molar-refractivity contribution in [3.05, 3.63) is 58.5 Å². The molecule has 1 saturated heterocycles. The summed E-state index contributed by atoms with van der Waals surface area (Å²) in [4.78, 5) is 26.6. The molecule has 126 valence electrons. The number of para-hydroxylation sites is 1. The van der Waals surface area contributed by atoms with Gasteiger partial charge in [0.15, 0.2) is 0 Å². The summed E-state index contributed by atoms with van der Waals surface area (Å²) in [7, 11) is 0. The second kappa shape index (κ2) is 6.97. The van der Waals surface area contributed by atoms with E-state index < -0.39 is 6.10 Å². The van der Waals surface area contributed by atoms with E-state index in [1.54, 1.807) is 24.0 Å². The number of hydrogen-bond acceptors (Lipinski definition) is 4. The molecule has 1 N–H and O–H groups in total. The first kappa shape index (κ1) is 16.4. The summed E-state index contributed by atoms with van der Waals surface area (Å²) in [6, 6.07) is 11.6. The number of hydrogen-bond donors (Lipinski definition) is 1. The van der Waals surface area contributed by atoms with Gasteiger partial charge in [-0.15, -0.1) is 0 Å². The molecular weight excluding hydrogens is 306 g/mol. The number of amides is 1. The van der Waals surface area contributed by atoms with E-state index in [9.17, 15) is 14.7 Å². The smallest absolute Gasteiger partial charge is 0.274 e. The first-order chi connectivity index (χ1) is 11.6. The first-order valence-electron chi connectivity index (χ1n) is 8.23. The number of benzene rings is 1. The zero-order chi connectivity index (χ0) is 17.1. The Morgan fingerprint density at radius 1 is 1.21 bits per heavy atom. The van der Waals surface area contributed by atoms with Crippen molar-refractivity contribution in [2.24, 2.45) is 0 Å². The lowest BCUT2D eigenvalue weighted by atomic mass is 9.97. The van der Waals surface area contributed by atoms with Crippen LogP contribution >= 0.6 is 0 Å².